The van der Waals surface area contributed by atoms with Gasteiger partial charge in [0.25, 0.3) is 0 Å². The van der Waals surface area contributed by atoms with Crippen LogP contribution in [0.3, 0.4) is 0 Å². The highest BCUT2D eigenvalue weighted by Crippen LogP contribution is 2.31. The van der Waals surface area contributed by atoms with Gasteiger partial charge in [-0.05, 0) is 90.0 Å². The SMILES string of the molecule is c1ccc2cc(-c3ccc(-c4ccc5cc(-c6ccc7ccccc7c6)ccc5c4)cc3)ccc2c1. The molecule has 0 spiro atoms. The highest BCUT2D eigenvalue weighted by molar-refractivity contribution is 5.93. The largest absolute Gasteiger partial charge is 0.0616 e. The summed E-state index contributed by atoms with van der Waals surface area (Å²) in [5, 5.41) is 7.62. The minimum absolute atomic E-state index is 1.24. The van der Waals surface area contributed by atoms with Gasteiger partial charge in [0.15, 0.2) is 0 Å². The highest BCUT2D eigenvalue weighted by atomic mass is 14.1. The van der Waals surface area contributed by atoms with Gasteiger partial charge < -0.3 is 0 Å². The molecule has 7 aromatic rings. The molecule has 0 nitrogen and oxygen atoms in total. The molecule has 0 N–H and O–H groups in total. The lowest BCUT2D eigenvalue weighted by Gasteiger charge is -2.09. The Kier molecular flexibility index (Phi) is 4.89. The Morgan fingerprint density at radius 2 is 0.444 bits per heavy atom. The van der Waals surface area contributed by atoms with Crippen molar-refractivity contribution in [2.75, 3.05) is 0 Å². The lowest BCUT2D eigenvalue weighted by molar-refractivity contribution is 1.61. The van der Waals surface area contributed by atoms with Crippen LogP contribution in [0, 0.1) is 0 Å². The van der Waals surface area contributed by atoms with E-state index in [0.29, 0.717) is 0 Å². The van der Waals surface area contributed by atoms with E-state index in [2.05, 4.69) is 146 Å². The van der Waals surface area contributed by atoms with E-state index < -0.39 is 0 Å². The van der Waals surface area contributed by atoms with Crippen LogP contribution in [0.2, 0.25) is 0 Å². The van der Waals surface area contributed by atoms with E-state index in [-0.39, 0.29) is 0 Å². The van der Waals surface area contributed by atoms with Gasteiger partial charge in [-0.2, -0.15) is 0 Å². The van der Waals surface area contributed by atoms with E-state index in [1.54, 1.807) is 0 Å². The third-order valence-electron chi connectivity index (χ3n) is 7.22. The molecule has 0 unspecified atom stereocenters. The Morgan fingerprint density at radius 1 is 0.194 bits per heavy atom. The second kappa shape index (κ2) is 8.52. The summed E-state index contributed by atoms with van der Waals surface area (Å²) in [6, 6.07) is 52.9. The number of hydrogen-bond acceptors (Lipinski definition) is 0. The first-order valence-electron chi connectivity index (χ1n) is 12.4. The maximum Gasteiger partial charge on any atom is -0.0177 e. The monoisotopic (exact) mass is 456 g/mol. The second-order valence-electron chi connectivity index (χ2n) is 9.48. The quantitative estimate of drug-likeness (QED) is 0.248. The van der Waals surface area contributed by atoms with Crippen molar-refractivity contribution in [1.29, 1.82) is 0 Å². The van der Waals surface area contributed by atoms with Gasteiger partial charge >= 0.3 is 0 Å². The summed E-state index contributed by atoms with van der Waals surface area (Å²) in [6.07, 6.45) is 0. The van der Waals surface area contributed by atoms with Crippen molar-refractivity contribution in [3.63, 3.8) is 0 Å². The van der Waals surface area contributed by atoms with E-state index in [1.165, 1.54) is 65.7 Å². The Morgan fingerprint density at radius 3 is 0.833 bits per heavy atom. The zero-order valence-electron chi connectivity index (χ0n) is 19.9. The molecule has 0 aliphatic carbocycles. The Hall–Kier alpha value is -4.68. The molecule has 0 heteroatoms. The van der Waals surface area contributed by atoms with Crippen molar-refractivity contribution in [2.24, 2.45) is 0 Å². The molecule has 7 rings (SSSR count). The van der Waals surface area contributed by atoms with Crippen LogP contribution in [0.15, 0.2) is 146 Å². The predicted octanol–water partition coefficient (Wildman–Crippen LogP) is 10.1. The maximum absolute atomic E-state index is 2.30. The van der Waals surface area contributed by atoms with Crippen LogP contribution in [0.1, 0.15) is 0 Å². The van der Waals surface area contributed by atoms with Crippen LogP contribution in [0.5, 0.6) is 0 Å². The van der Waals surface area contributed by atoms with Crippen LogP contribution in [-0.4, -0.2) is 0 Å². The van der Waals surface area contributed by atoms with Gasteiger partial charge in [0, 0.05) is 0 Å². The topological polar surface area (TPSA) is 0 Å². The van der Waals surface area contributed by atoms with E-state index in [1.807, 2.05) is 0 Å². The normalized spacial score (nSPS) is 11.3. The van der Waals surface area contributed by atoms with E-state index in [0.717, 1.165) is 0 Å². The summed E-state index contributed by atoms with van der Waals surface area (Å²) in [5.41, 5.74) is 7.47. The number of fused-ring (bicyclic) bond motifs is 3. The molecule has 168 valence electrons. The van der Waals surface area contributed by atoms with E-state index in [4.69, 9.17) is 0 Å². The lowest BCUT2D eigenvalue weighted by Crippen LogP contribution is -1.83. The molecule has 7 aromatic carbocycles. The van der Waals surface area contributed by atoms with E-state index >= 15 is 0 Å². The zero-order valence-corrected chi connectivity index (χ0v) is 19.9. The molecule has 0 radical (unpaired) electrons. The smallest absolute Gasteiger partial charge is 0.0177 e. The van der Waals surface area contributed by atoms with Gasteiger partial charge in [0.05, 0.1) is 0 Å². The van der Waals surface area contributed by atoms with Crippen molar-refractivity contribution in [1.82, 2.24) is 0 Å². The van der Waals surface area contributed by atoms with Crippen molar-refractivity contribution >= 4 is 32.3 Å². The van der Waals surface area contributed by atoms with Gasteiger partial charge in [-0.25, -0.2) is 0 Å². The second-order valence-corrected chi connectivity index (χ2v) is 9.48. The van der Waals surface area contributed by atoms with Gasteiger partial charge in [-0.15, -0.1) is 0 Å². The van der Waals surface area contributed by atoms with Crippen molar-refractivity contribution in [3.05, 3.63) is 146 Å². The summed E-state index contributed by atoms with van der Waals surface area (Å²) in [5.74, 6) is 0. The summed E-state index contributed by atoms with van der Waals surface area (Å²) in [6.45, 7) is 0. The van der Waals surface area contributed by atoms with Crippen LogP contribution in [0.25, 0.3) is 65.7 Å². The minimum Gasteiger partial charge on any atom is -0.0616 e. The van der Waals surface area contributed by atoms with Crippen LogP contribution in [-0.2, 0) is 0 Å². The Bertz CT molecular complexity index is 1870. The fourth-order valence-electron chi connectivity index (χ4n) is 5.20. The van der Waals surface area contributed by atoms with Crippen molar-refractivity contribution < 1.29 is 0 Å². The average Bonchev–Trinajstić information content (AvgIpc) is 2.96. The molecule has 36 heavy (non-hydrogen) atoms. The highest BCUT2D eigenvalue weighted by Gasteiger charge is 2.05. The molecular formula is C36H24. The Labute approximate surface area is 211 Å². The van der Waals surface area contributed by atoms with Crippen LogP contribution in [0.4, 0.5) is 0 Å². The maximum atomic E-state index is 2.30. The van der Waals surface area contributed by atoms with Gasteiger partial charge in [-0.3, -0.25) is 0 Å². The minimum atomic E-state index is 1.24. The summed E-state index contributed by atoms with van der Waals surface area (Å²) < 4.78 is 0. The van der Waals surface area contributed by atoms with E-state index in [9.17, 15) is 0 Å². The van der Waals surface area contributed by atoms with Crippen LogP contribution >= 0.6 is 0 Å². The number of rotatable bonds is 3. The first kappa shape index (κ1) is 20.7. The molecule has 0 amide bonds. The number of benzene rings is 7. The third kappa shape index (κ3) is 3.74. The predicted molar refractivity (Wildman–Crippen MR) is 155 cm³/mol. The first-order valence-corrected chi connectivity index (χ1v) is 12.4. The fraction of sp³-hybridized carbons (Fsp3) is 0. The molecule has 0 aliphatic heterocycles. The van der Waals surface area contributed by atoms with Gasteiger partial charge in [0.2, 0.25) is 0 Å². The first-order chi connectivity index (χ1) is 17.8. The van der Waals surface area contributed by atoms with Gasteiger partial charge in [0.1, 0.15) is 0 Å². The Balaban J connectivity index is 1.19. The van der Waals surface area contributed by atoms with Crippen molar-refractivity contribution in [2.45, 2.75) is 0 Å². The summed E-state index contributed by atoms with van der Waals surface area (Å²) >= 11 is 0. The van der Waals surface area contributed by atoms with Gasteiger partial charge in [-0.1, -0.05) is 121 Å². The molecule has 0 aromatic heterocycles. The lowest BCUT2D eigenvalue weighted by atomic mass is 9.95. The standard InChI is InChI=1S/C36H24/c1-3-7-29-21-31(15-13-25(29)5-1)27-9-11-28(12-10-27)32-17-18-35-24-36(20-19-34(35)23-32)33-16-14-26-6-2-4-8-30(26)22-33/h1-24H. The fourth-order valence-corrected chi connectivity index (χ4v) is 5.20. The number of hydrogen-bond donors (Lipinski definition) is 0. The molecule has 0 saturated heterocycles. The molecule has 0 heterocycles. The zero-order chi connectivity index (χ0) is 23.9. The summed E-state index contributed by atoms with van der Waals surface area (Å²) in [4.78, 5) is 0. The molecule has 0 saturated carbocycles. The molecule has 0 atom stereocenters. The molecule has 0 fully saturated rings. The molecule has 0 bridgehead atoms. The molecular weight excluding hydrogens is 432 g/mol. The average molecular weight is 457 g/mol. The summed E-state index contributed by atoms with van der Waals surface area (Å²) in [7, 11) is 0. The third-order valence-corrected chi connectivity index (χ3v) is 7.22. The molecule has 0 aliphatic rings. The van der Waals surface area contributed by atoms with Crippen LogP contribution < -0.4 is 0 Å². The van der Waals surface area contributed by atoms with Crippen molar-refractivity contribution in [3.8, 4) is 33.4 Å².